The lowest BCUT2D eigenvalue weighted by Crippen LogP contribution is -2.55. The quantitative estimate of drug-likeness (QED) is 0.920. The number of hydrogen-bond acceptors (Lipinski definition) is 3. The molecule has 1 atom stereocenters. The highest BCUT2D eigenvalue weighted by atomic mass is 16.3. The van der Waals surface area contributed by atoms with E-state index in [2.05, 4.69) is 0 Å². The van der Waals surface area contributed by atoms with Gasteiger partial charge in [0.25, 0.3) is 5.91 Å². The van der Waals surface area contributed by atoms with Gasteiger partial charge in [0.15, 0.2) is 0 Å². The van der Waals surface area contributed by atoms with E-state index in [1.165, 1.54) is 0 Å². The Morgan fingerprint density at radius 2 is 1.96 bits per heavy atom. The zero-order valence-corrected chi connectivity index (χ0v) is 13.4. The van der Waals surface area contributed by atoms with E-state index >= 15 is 0 Å². The van der Waals surface area contributed by atoms with E-state index in [0.717, 1.165) is 31.4 Å². The second-order valence-electron chi connectivity index (χ2n) is 6.74. The van der Waals surface area contributed by atoms with E-state index in [1.54, 1.807) is 4.90 Å². The molecular formula is C18H24N2O3. The minimum absolute atomic E-state index is 0.00548. The van der Waals surface area contributed by atoms with Crippen LogP contribution in [0.2, 0.25) is 0 Å². The SMILES string of the molecule is O=C1CC[C@]2(CCCN(C(=O)c3ccccc3)C2)CN1CCO. The van der Waals surface area contributed by atoms with Crippen LogP contribution in [0.3, 0.4) is 0 Å². The van der Waals surface area contributed by atoms with Gasteiger partial charge in [0.05, 0.1) is 6.61 Å². The molecule has 0 saturated carbocycles. The van der Waals surface area contributed by atoms with Gasteiger partial charge in [-0.2, -0.15) is 0 Å². The zero-order valence-electron chi connectivity index (χ0n) is 13.4. The van der Waals surface area contributed by atoms with Crippen LogP contribution in [-0.2, 0) is 4.79 Å². The average molecular weight is 316 g/mol. The van der Waals surface area contributed by atoms with Crippen LogP contribution >= 0.6 is 0 Å². The molecule has 2 amide bonds. The van der Waals surface area contributed by atoms with Crippen molar-refractivity contribution in [3.05, 3.63) is 35.9 Å². The Kier molecular flexibility index (Phi) is 4.66. The normalized spacial score (nSPS) is 25.0. The molecule has 0 aliphatic carbocycles. The standard InChI is InChI=1S/C18H24N2O3/c21-12-11-19-13-18(9-7-16(19)22)8-4-10-20(14-18)17(23)15-5-2-1-3-6-15/h1-3,5-6,21H,4,7-14H2/t18-/m1/s1. The minimum Gasteiger partial charge on any atom is -0.395 e. The van der Waals surface area contributed by atoms with Crippen molar-refractivity contribution < 1.29 is 14.7 Å². The van der Waals surface area contributed by atoms with Crippen LogP contribution in [0.5, 0.6) is 0 Å². The molecule has 1 N–H and O–H groups in total. The Labute approximate surface area is 136 Å². The van der Waals surface area contributed by atoms with Crippen LogP contribution in [0.25, 0.3) is 0 Å². The first-order chi connectivity index (χ1) is 11.1. The van der Waals surface area contributed by atoms with Crippen molar-refractivity contribution >= 4 is 11.8 Å². The molecule has 0 unspecified atom stereocenters. The third-order valence-corrected chi connectivity index (χ3v) is 5.09. The number of rotatable bonds is 3. The summed E-state index contributed by atoms with van der Waals surface area (Å²) >= 11 is 0. The third-order valence-electron chi connectivity index (χ3n) is 5.09. The highest BCUT2D eigenvalue weighted by Gasteiger charge is 2.42. The number of amides is 2. The molecule has 1 spiro atoms. The number of likely N-dealkylation sites (tertiary alicyclic amines) is 2. The molecule has 124 valence electrons. The summed E-state index contributed by atoms with van der Waals surface area (Å²) in [5.41, 5.74) is 0.717. The molecule has 0 aromatic heterocycles. The summed E-state index contributed by atoms with van der Waals surface area (Å²) in [6, 6.07) is 9.39. The molecule has 2 aliphatic rings. The number of carbonyl (C=O) groups excluding carboxylic acids is 2. The summed E-state index contributed by atoms with van der Waals surface area (Å²) < 4.78 is 0. The van der Waals surface area contributed by atoms with E-state index in [9.17, 15) is 9.59 Å². The first-order valence-corrected chi connectivity index (χ1v) is 8.37. The molecule has 5 nitrogen and oxygen atoms in total. The average Bonchev–Trinajstić information content (AvgIpc) is 2.59. The number of piperidine rings is 2. The Morgan fingerprint density at radius 1 is 1.17 bits per heavy atom. The smallest absolute Gasteiger partial charge is 0.253 e. The molecule has 23 heavy (non-hydrogen) atoms. The van der Waals surface area contributed by atoms with Crippen molar-refractivity contribution in [2.45, 2.75) is 25.7 Å². The molecule has 0 radical (unpaired) electrons. The number of aliphatic hydroxyl groups is 1. The molecule has 0 bridgehead atoms. The molecule has 1 aromatic carbocycles. The summed E-state index contributed by atoms with van der Waals surface area (Å²) in [5, 5.41) is 9.15. The van der Waals surface area contributed by atoms with Crippen LogP contribution in [0.15, 0.2) is 30.3 Å². The van der Waals surface area contributed by atoms with Crippen LogP contribution in [0.4, 0.5) is 0 Å². The fraction of sp³-hybridized carbons (Fsp3) is 0.556. The summed E-state index contributed by atoms with van der Waals surface area (Å²) in [6.45, 7) is 2.53. The van der Waals surface area contributed by atoms with E-state index in [4.69, 9.17) is 5.11 Å². The molecule has 5 heteroatoms. The highest BCUT2D eigenvalue weighted by Crippen LogP contribution is 2.39. The van der Waals surface area contributed by atoms with Crippen molar-refractivity contribution in [2.75, 3.05) is 32.8 Å². The molecule has 2 fully saturated rings. The fourth-order valence-corrected chi connectivity index (χ4v) is 3.90. The summed E-state index contributed by atoms with van der Waals surface area (Å²) in [4.78, 5) is 28.4. The molecule has 2 heterocycles. The van der Waals surface area contributed by atoms with Gasteiger partial charge in [0, 0.05) is 43.6 Å². The third kappa shape index (κ3) is 3.39. The second-order valence-corrected chi connectivity index (χ2v) is 6.74. The van der Waals surface area contributed by atoms with Gasteiger partial charge in [-0.25, -0.2) is 0 Å². The van der Waals surface area contributed by atoms with Crippen molar-refractivity contribution in [1.29, 1.82) is 0 Å². The molecule has 1 aromatic rings. The summed E-state index contributed by atoms with van der Waals surface area (Å²) in [5.74, 6) is 0.200. The van der Waals surface area contributed by atoms with Gasteiger partial charge in [0.2, 0.25) is 5.91 Å². The van der Waals surface area contributed by atoms with Crippen LogP contribution in [-0.4, -0.2) is 59.5 Å². The number of nitrogens with zero attached hydrogens (tertiary/aromatic N) is 2. The van der Waals surface area contributed by atoms with Gasteiger partial charge in [-0.15, -0.1) is 0 Å². The number of aliphatic hydroxyl groups excluding tert-OH is 1. The maximum Gasteiger partial charge on any atom is 0.253 e. The van der Waals surface area contributed by atoms with E-state index in [1.807, 2.05) is 35.2 Å². The summed E-state index contributed by atoms with van der Waals surface area (Å²) in [7, 11) is 0. The number of carbonyl (C=O) groups is 2. The van der Waals surface area contributed by atoms with Crippen LogP contribution < -0.4 is 0 Å². The van der Waals surface area contributed by atoms with Gasteiger partial charge in [-0.3, -0.25) is 9.59 Å². The molecule has 3 rings (SSSR count). The van der Waals surface area contributed by atoms with Gasteiger partial charge in [-0.05, 0) is 31.4 Å². The van der Waals surface area contributed by atoms with Gasteiger partial charge in [0.1, 0.15) is 0 Å². The predicted molar refractivity (Wildman–Crippen MR) is 86.9 cm³/mol. The molecule has 2 aliphatic heterocycles. The van der Waals surface area contributed by atoms with Crippen LogP contribution in [0.1, 0.15) is 36.0 Å². The van der Waals surface area contributed by atoms with Crippen molar-refractivity contribution in [3.63, 3.8) is 0 Å². The van der Waals surface area contributed by atoms with Crippen LogP contribution in [0, 0.1) is 5.41 Å². The fourth-order valence-electron chi connectivity index (χ4n) is 3.90. The number of benzene rings is 1. The van der Waals surface area contributed by atoms with Gasteiger partial charge < -0.3 is 14.9 Å². The number of β-amino-alcohol motifs (C(OH)–C–C–N with tert-alkyl or cyclic N) is 1. The largest absolute Gasteiger partial charge is 0.395 e. The minimum atomic E-state index is -0.00816. The maximum absolute atomic E-state index is 12.7. The number of hydrogen-bond donors (Lipinski definition) is 1. The maximum atomic E-state index is 12.7. The monoisotopic (exact) mass is 316 g/mol. The van der Waals surface area contributed by atoms with Gasteiger partial charge in [-0.1, -0.05) is 18.2 Å². The lowest BCUT2D eigenvalue weighted by molar-refractivity contribution is -0.139. The van der Waals surface area contributed by atoms with Crippen molar-refractivity contribution in [3.8, 4) is 0 Å². The second kappa shape index (κ2) is 6.71. The van der Waals surface area contributed by atoms with E-state index in [0.29, 0.717) is 26.1 Å². The lowest BCUT2D eigenvalue weighted by atomic mass is 9.73. The van der Waals surface area contributed by atoms with Crippen molar-refractivity contribution in [2.24, 2.45) is 5.41 Å². The van der Waals surface area contributed by atoms with Gasteiger partial charge >= 0.3 is 0 Å². The Balaban J connectivity index is 1.72. The highest BCUT2D eigenvalue weighted by molar-refractivity contribution is 5.94. The lowest BCUT2D eigenvalue weighted by Gasteiger charge is -2.48. The molecule has 2 saturated heterocycles. The first kappa shape index (κ1) is 16.0. The topological polar surface area (TPSA) is 60.9 Å². The first-order valence-electron chi connectivity index (χ1n) is 8.37. The molecular weight excluding hydrogens is 292 g/mol. The Hall–Kier alpha value is -1.88. The predicted octanol–water partition coefficient (Wildman–Crippen LogP) is 1.52. The zero-order chi connectivity index (χ0) is 16.3. The van der Waals surface area contributed by atoms with E-state index in [-0.39, 0.29) is 23.8 Å². The Bertz CT molecular complexity index is 575. The summed E-state index contributed by atoms with van der Waals surface area (Å²) in [6.07, 6.45) is 3.38. The van der Waals surface area contributed by atoms with Crippen molar-refractivity contribution in [1.82, 2.24) is 9.80 Å². The van der Waals surface area contributed by atoms with E-state index < -0.39 is 0 Å². The Morgan fingerprint density at radius 3 is 2.70 bits per heavy atom.